The van der Waals surface area contributed by atoms with Crippen LogP contribution in [0.1, 0.15) is 33.6 Å². The fourth-order valence-corrected chi connectivity index (χ4v) is 2.20. The van der Waals surface area contributed by atoms with E-state index in [1.54, 1.807) is 0 Å². The lowest BCUT2D eigenvalue weighted by molar-refractivity contribution is -0.134. The van der Waals surface area contributed by atoms with E-state index < -0.39 is 0 Å². The largest absolute Gasteiger partial charge is 0.409 e. The van der Waals surface area contributed by atoms with Gasteiger partial charge in [0.2, 0.25) is 5.91 Å². The monoisotopic (exact) mass is 270 g/mol. The summed E-state index contributed by atoms with van der Waals surface area (Å²) in [6.45, 7) is 9.10. The molecule has 1 amide bonds. The zero-order valence-electron chi connectivity index (χ0n) is 12.2. The molecule has 6 heteroatoms. The van der Waals surface area contributed by atoms with Crippen LogP contribution in [-0.2, 0) is 4.79 Å². The summed E-state index contributed by atoms with van der Waals surface area (Å²) in [6, 6.07) is -0.0863. The minimum absolute atomic E-state index is 0.0863. The fourth-order valence-electron chi connectivity index (χ4n) is 2.20. The second kappa shape index (κ2) is 7.33. The van der Waals surface area contributed by atoms with Crippen molar-refractivity contribution in [1.29, 1.82) is 0 Å². The number of carbonyl (C=O) groups is 1. The summed E-state index contributed by atoms with van der Waals surface area (Å²) in [6.07, 6.45) is 1.67. The molecule has 1 rings (SSSR count). The van der Waals surface area contributed by atoms with Gasteiger partial charge in [-0.05, 0) is 12.8 Å². The summed E-state index contributed by atoms with van der Waals surface area (Å²) in [7, 11) is 0. The van der Waals surface area contributed by atoms with Crippen LogP contribution < -0.4 is 5.73 Å². The van der Waals surface area contributed by atoms with Crippen LogP contribution in [0.25, 0.3) is 0 Å². The predicted molar refractivity (Wildman–Crippen MR) is 75.1 cm³/mol. The Hall–Kier alpha value is -1.30. The van der Waals surface area contributed by atoms with Crippen molar-refractivity contribution in [3.63, 3.8) is 0 Å². The number of hydrogen-bond acceptors (Lipinski definition) is 4. The highest BCUT2D eigenvalue weighted by molar-refractivity contribution is 5.84. The average Bonchev–Trinajstić information content (AvgIpc) is 2.45. The van der Waals surface area contributed by atoms with Crippen molar-refractivity contribution in [2.24, 2.45) is 16.8 Å². The topological polar surface area (TPSA) is 82.2 Å². The highest BCUT2D eigenvalue weighted by Gasteiger charge is 2.26. The van der Waals surface area contributed by atoms with Gasteiger partial charge in [-0.15, -0.1) is 0 Å². The van der Waals surface area contributed by atoms with Gasteiger partial charge in [-0.1, -0.05) is 25.4 Å². The molecule has 6 nitrogen and oxygen atoms in total. The molecule has 0 aromatic carbocycles. The van der Waals surface area contributed by atoms with Gasteiger partial charge in [-0.25, -0.2) is 0 Å². The number of amidine groups is 1. The standard InChI is InChI=1S/C13H26N4O2/c1-4-10(2)9-12(18)17-7-5-16(6-8-17)11(3)13(14)15-19/h10-11,19H,4-9H2,1-3H3,(H2,14,15). The molecule has 1 saturated heterocycles. The molecule has 19 heavy (non-hydrogen) atoms. The van der Waals surface area contributed by atoms with E-state index >= 15 is 0 Å². The van der Waals surface area contributed by atoms with Gasteiger partial charge in [0.05, 0.1) is 6.04 Å². The van der Waals surface area contributed by atoms with Crippen molar-refractivity contribution in [2.75, 3.05) is 26.2 Å². The molecule has 110 valence electrons. The van der Waals surface area contributed by atoms with Crippen molar-refractivity contribution in [3.05, 3.63) is 0 Å². The van der Waals surface area contributed by atoms with Gasteiger partial charge in [0.1, 0.15) is 0 Å². The first-order valence-corrected chi connectivity index (χ1v) is 6.98. The maximum Gasteiger partial charge on any atom is 0.222 e. The van der Waals surface area contributed by atoms with Crippen molar-refractivity contribution in [3.8, 4) is 0 Å². The van der Waals surface area contributed by atoms with Gasteiger partial charge in [0, 0.05) is 32.6 Å². The van der Waals surface area contributed by atoms with Gasteiger partial charge in [-0.3, -0.25) is 9.69 Å². The van der Waals surface area contributed by atoms with E-state index in [2.05, 4.69) is 23.9 Å². The van der Waals surface area contributed by atoms with Crippen molar-refractivity contribution >= 4 is 11.7 Å². The molecule has 1 aliphatic heterocycles. The van der Waals surface area contributed by atoms with E-state index in [-0.39, 0.29) is 17.8 Å². The molecule has 0 aromatic heterocycles. The van der Waals surface area contributed by atoms with E-state index in [9.17, 15) is 4.79 Å². The first-order valence-electron chi connectivity index (χ1n) is 6.98. The molecule has 1 fully saturated rings. The lowest BCUT2D eigenvalue weighted by Crippen LogP contribution is -2.54. The maximum absolute atomic E-state index is 12.1. The smallest absolute Gasteiger partial charge is 0.222 e. The number of oxime groups is 1. The molecule has 0 spiro atoms. The highest BCUT2D eigenvalue weighted by Crippen LogP contribution is 2.12. The Morgan fingerprint density at radius 1 is 1.32 bits per heavy atom. The second-order valence-corrected chi connectivity index (χ2v) is 5.34. The van der Waals surface area contributed by atoms with E-state index in [4.69, 9.17) is 10.9 Å². The number of piperazine rings is 1. The molecule has 1 aliphatic rings. The van der Waals surface area contributed by atoms with E-state index in [0.29, 0.717) is 12.3 Å². The Balaban J connectivity index is 2.42. The molecule has 0 radical (unpaired) electrons. The lowest BCUT2D eigenvalue weighted by atomic mass is 10.0. The first-order chi connectivity index (χ1) is 8.99. The number of nitrogens with two attached hydrogens (primary N) is 1. The number of nitrogens with zero attached hydrogens (tertiary/aromatic N) is 3. The van der Waals surface area contributed by atoms with Gasteiger partial charge in [0.15, 0.2) is 5.84 Å². The molecule has 0 aromatic rings. The Kier molecular flexibility index (Phi) is 6.08. The highest BCUT2D eigenvalue weighted by atomic mass is 16.4. The molecule has 3 N–H and O–H groups in total. The molecule has 0 bridgehead atoms. The molecular weight excluding hydrogens is 244 g/mol. The Morgan fingerprint density at radius 3 is 2.37 bits per heavy atom. The zero-order valence-corrected chi connectivity index (χ0v) is 12.2. The number of rotatable bonds is 5. The van der Waals surface area contributed by atoms with E-state index in [1.165, 1.54) is 0 Å². The van der Waals surface area contributed by atoms with E-state index in [0.717, 1.165) is 32.6 Å². The molecular formula is C13H26N4O2. The van der Waals surface area contributed by atoms with Crippen LogP contribution in [0.5, 0.6) is 0 Å². The van der Waals surface area contributed by atoms with Gasteiger partial charge in [0.25, 0.3) is 0 Å². The Labute approximate surface area is 115 Å². The summed E-state index contributed by atoms with van der Waals surface area (Å²) < 4.78 is 0. The molecule has 0 saturated carbocycles. The lowest BCUT2D eigenvalue weighted by Gasteiger charge is -2.37. The van der Waals surface area contributed by atoms with Crippen LogP contribution in [0, 0.1) is 5.92 Å². The summed E-state index contributed by atoms with van der Waals surface area (Å²) in [5.74, 6) is 0.909. The number of hydrogen-bond donors (Lipinski definition) is 2. The fraction of sp³-hybridized carbons (Fsp3) is 0.846. The van der Waals surface area contributed by atoms with Crippen molar-refractivity contribution < 1.29 is 10.0 Å². The summed E-state index contributed by atoms with van der Waals surface area (Å²) in [4.78, 5) is 16.1. The Morgan fingerprint density at radius 2 is 1.89 bits per heavy atom. The number of carbonyl (C=O) groups excluding carboxylic acids is 1. The average molecular weight is 270 g/mol. The number of amides is 1. The summed E-state index contributed by atoms with van der Waals surface area (Å²) in [5.41, 5.74) is 5.60. The predicted octanol–water partition coefficient (Wildman–Crippen LogP) is 0.702. The quantitative estimate of drug-likeness (QED) is 0.333. The van der Waals surface area contributed by atoms with Crippen LogP contribution in [0.4, 0.5) is 0 Å². The van der Waals surface area contributed by atoms with Crippen LogP contribution in [0.3, 0.4) is 0 Å². The van der Waals surface area contributed by atoms with Crippen LogP contribution in [0.2, 0.25) is 0 Å². The first kappa shape index (κ1) is 15.8. The molecule has 2 atom stereocenters. The minimum atomic E-state index is -0.0863. The normalized spacial score (nSPS) is 21.2. The molecule has 1 heterocycles. The zero-order chi connectivity index (χ0) is 14.4. The van der Waals surface area contributed by atoms with Crippen molar-refractivity contribution in [1.82, 2.24) is 9.80 Å². The molecule has 2 unspecified atom stereocenters. The van der Waals surface area contributed by atoms with Crippen LogP contribution in [0.15, 0.2) is 5.16 Å². The summed E-state index contributed by atoms with van der Waals surface area (Å²) in [5, 5.41) is 11.7. The second-order valence-electron chi connectivity index (χ2n) is 5.34. The minimum Gasteiger partial charge on any atom is -0.409 e. The maximum atomic E-state index is 12.1. The Bertz CT molecular complexity index is 325. The van der Waals surface area contributed by atoms with Gasteiger partial charge >= 0.3 is 0 Å². The van der Waals surface area contributed by atoms with Gasteiger partial charge < -0.3 is 15.8 Å². The van der Waals surface area contributed by atoms with Crippen molar-refractivity contribution in [2.45, 2.75) is 39.7 Å². The third-order valence-corrected chi connectivity index (χ3v) is 3.98. The van der Waals surface area contributed by atoms with E-state index in [1.807, 2.05) is 11.8 Å². The summed E-state index contributed by atoms with van der Waals surface area (Å²) >= 11 is 0. The van der Waals surface area contributed by atoms with Gasteiger partial charge in [-0.2, -0.15) is 0 Å². The SMILES string of the molecule is CCC(C)CC(=O)N1CCN(C(C)C(N)=NO)CC1. The van der Waals surface area contributed by atoms with Crippen LogP contribution in [-0.4, -0.2) is 59.0 Å². The third-order valence-electron chi connectivity index (χ3n) is 3.98. The third kappa shape index (κ3) is 4.38. The van der Waals surface area contributed by atoms with Crippen LogP contribution >= 0.6 is 0 Å². The molecule has 0 aliphatic carbocycles.